The zero-order valence-electron chi connectivity index (χ0n) is 8.23. The second-order valence-corrected chi connectivity index (χ2v) is 3.53. The molecule has 0 saturated heterocycles. The van der Waals surface area contributed by atoms with E-state index in [2.05, 4.69) is 28.2 Å². The molecule has 2 aromatic rings. The van der Waals surface area contributed by atoms with E-state index in [-0.39, 0.29) is 0 Å². The lowest BCUT2D eigenvalue weighted by molar-refractivity contribution is 0.617. The number of rotatable bonds is 1. The molecule has 0 fully saturated rings. The van der Waals surface area contributed by atoms with Gasteiger partial charge in [-0.25, -0.2) is 9.83 Å². The lowest BCUT2D eigenvalue weighted by atomic mass is 10.2. The van der Waals surface area contributed by atoms with Gasteiger partial charge in [0.05, 0.1) is 23.9 Å². The summed E-state index contributed by atoms with van der Waals surface area (Å²) in [5, 5.41) is 0. The van der Waals surface area contributed by atoms with E-state index < -0.39 is 0 Å². The molecule has 3 nitrogen and oxygen atoms in total. The van der Waals surface area contributed by atoms with Crippen LogP contribution in [0.25, 0.3) is 15.9 Å². The van der Waals surface area contributed by atoms with Crippen LogP contribution in [0.3, 0.4) is 0 Å². The third-order valence-electron chi connectivity index (χ3n) is 2.24. The predicted molar refractivity (Wildman–Crippen MR) is 56.4 cm³/mol. The van der Waals surface area contributed by atoms with Crippen LogP contribution in [-0.4, -0.2) is 9.55 Å². The molecule has 2 rings (SSSR count). The quantitative estimate of drug-likeness (QED) is 0.625. The summed E-state index contributed by atoms with van der Waals surface area (Å²) >= 11 is 0. The van der Waals surface area contributed by atoms with Crippen molar-refractivity contribution in [3.8, 4) is 0 Å². The predicted octanol–water partition coefficient (Wildman–Crippen LogP) is 3.17. The highest BCUT2D eigenvalue weighted by atomic mass is 15.1. The molecule has 0 amide bonds. The van der Waals surface area contributed by atoms with Crippen molar-refractivity contribution in [2.45, 2.75) is 19.9 Å². The first-order chi connectivity index (χ1) is 6.72. The summed E-state index contributed by atoms with van der Waals surface area (Å²) in [5.41, 5.74) is 2.63. The number of hydrogen-bond donors (Lipinski definition) is 0. The maximum atomic E-state index is 6.90. The molecule has 0 radical (unpaired) electrons. The minimum Gasteiger partial charge on any atom is -0.328 e. The van der Waals surface area contributed by atoms with Crippen molar-refractivity contribution < 1.29 is 0 Å². The van der Waals surface area contributed by atoms with E-state index in [4.69, 9.17) is 6.57 Å². The molecule has 0 aliphatic rings. The van der Waals surface area contributed by atoms with Crippen LogP contribution < -0.4 is 0 Å². The van der Waals surface area contributed by atoms with E-state index in [1.165, 1.54) is 0 Å². The standard InChI is InChI=1S/C11H11N3/c1-8(2)14-7-13-10-6-9(12-3)4-5-11(10)14/h4-8H,1-2H3. The molecule has 0 saturated carbocycles. The lowest BCUT2D eigenvalue weighted by Gasteiger charge is -2.07. The Hall–Kier alpha value is -1.82. The maximum absolute atomic E-state index is 6.90. The Bertz CT molecular complexity index is 503. The number of imidazole rings is 1. The molecule has 3 heteroatoms. The fraction of sp³-hybridized carbons (Fsp3) is 0.273. The zero-order valence-corrected chi connectivity index (χ0v) is 8.23. The zero-order chi connectivity index (χ0) is 10.1. The van der Waals surface area contributed by atoms with E-state index in [9.17, 15) is 0 Å². The smallest absolute Gasteiger partial charge is 0.189 e. The number of fused-ring (bicyclic) bond motifs is 1. The van der Waals surface area contributed by atoms with Gasteiger partial charge in [0.15, 0.2) is 5.69 Å². The SMILES string of the molecule is [C-]#[N+]c1ccc2c(c1)ncn2C(C)C. The highest BCUT2D eigenvalue weighted by Gasteiger charge is 2.05. The van der Waals surface area contributed by atoms with Crippen molar-refractivity contribution in [3.63, 3.8) is 0 Å². The average molecular weight is 185 g/mol. The Morgan fingerprint density at radius 2 is 2.21 bits per heavy atom. The molecule has 1 aromatic heterocycles. The largest absolute Gasteiger partial charge is 0.328 e. The van der Waals surface area contributed by atoms with Crippen molar-refractivity contribution in [1.29, 1.82) is 0 Å². The van der Waals surface area contributed by atoms with Gasteiger partial charge in [-0.2, -0.15) is 0 Å². The molecule has 14 heavy (non-hydrogen) atoms. The summed E-state index contributed by atoms with van der Waals surface area (Å²) in [6.07, 6.45) is 1.82. The molecule has 0 aliphatic heterocycles. The molecule has 70 valence electrons. The first kappa shape index (κ1) is 8.76. The minimum absolute atomic E-state index is 0.402. The fourth-order valence-electron chi connectivity index (χ4n) is 1.50. The van der Waals surface area contributed by atoms with Gasteiger partial charge in [0.1, 0.15) is 0 Å². The topological polar surface area (TPSA) is 22.2 Å². The summed E-state index contributed by atoms with van der Waals surface area (Å²) in [7, 11) is 0. The van der Waals surface area contributed by atoms with Gasteiger partial charge in [-0.1, -0.05) is 6.07 Å². The van der Waals surface area contributed by atoms with Crippen LogP contribution in [0.4, 0.5) is 5.69 Å². The summed E-state index contributed by atoms with van der Waals surface area (Å²) in [5.74, 6) is 0. The maximum Gasteiger partial charge on any atom is 0.189 e. The van der Waals surface area contributed by atoms with Gasteiger partial charge in [-0.05, 0) is 26.0 Å². The highest BCUT2D eigenvalue weighted by molar-refractivity contribution is 5.79. The monoisotopic (exact) mass is 185 g/mol. The number of hydrogen-bond acceptors (Lipinski definition) is 1. The van der Waals surface area contributed by atoms with E-state index in [1.54, 1.807) is 0 Å². The van der Waals surface area contributed by atoms with Crippen molar-refractivity contribution >= 4 is 16.7 Å². The molecule has 1 aromatic carbocycles. The molecule has 0 aliphatic carbocycles. The van der Waals surface area contributed by atoms with Crippen LogP contribution in [-0.2, 0) is 0 Å². The van der Waals surface area contributed by atoms with Crippen LogP contribution in [0.2, 0.25) is 0 Å². The average Bonchev–Trinajstić information content (AvgIpc) is 2.59. The second-order valence-electron chi connectivity index (χ2n) is 3.53. The fourth-order valence-corrected chi connectivity index (χ4v) is 1.50. The van der Waals surface area contributed by atoms with E-state index in [1.807, 2.05) is 24.5 Å². The summed E-state index contributed by atoms with van der Waals surface area (Å²) in [6.45, 7) is 11.1. The van der Waals surface area contributed by atoms with Crippen LogP contribution in [0.15, 0.2) is 24.5 Å². The van der Waals surface area contributed by atoms with Crippen LogP contribution in [0.5, 0.6) is 0 Å². The van der Waals surface area contributed by atoms with Crippen molar-refractivity contribution in [1.82, 2.24) is 9.55 Å². The van der Waals surface area contributed by atoms with E-state index in [0.717, 1.165) is 11.0 Å². The van der Waals surface area contributed by atoms with Gasteiger partial charge in [0.2, 0.25) is 0 Å². The molecule has 0 unspecified atom stereocenters. The van der Waals surface area contributed by atoms with Crippen LogP contribution >= 0.6 is 0 Å². The number of nitrogens with zero attached hydrogens (tertiary/aromatic N) is 3. The molecular formula is C11H11N3. The molecule has 0 N–H and O–H groups in total. The van der Waals surface area contributed by atoms with E-state index in [0.29, 0.717) is 11.7 Å². The van der Waals surface area contributed by atoms with Crippen molar-refractivity contribution in [2.75, 3.05) is 0 Å². The molecule has 1 heterocycles. The van der Waals surface area contributed by atoms with Crippen LogP contribution in [0, 0.1) is 6.57 Å². The highest BCUT2D eigenvalue weighted by Crippen LogP contribution is 2.22. The van der Waals surface area contributed by atoms with Crippen LogP contribution in [0.1, 0.15) is 19.9 Å². The Morgan fingerprint density at radius 1 is 1.43 bits per heavy atom. The molecule has 0 spiro atoms. The molecular weight excluding hydrogens is 174 g/mol. The first-order valence-electron chi connectivity index (χ1n) is 4.56. The third kappa shape index (κ3) is 1.25. The Kier molecular flexibility index (Phi) is 1.97. The van der Waals surface area contributed by atoms with E-state index >= 15 is 0 Å². The normalized spacial score (nSPS) is 10.7. The molecule has 0 atom stereocenters. The first-order valence-corrected chi connectivity index (χ1v) is 4.56. The number of benzene rings is 1. The molecule has 0 bridgehead atoms. The summed E-state index contributed by atoms with van der Waals surface area (Å²) in [6, 6.07) is 6.01. The third-order valence-corrected chi connectivity index (χ3v) is 2.24. The van der Waals surface area contributed by atoms with Gasteiger partial charge >= 0.3 is 0 Å². The number of aromatic nitrogens is 2. The Balaban J connectivity index is 2.67. The summed E-state index contributed by atoms with van der Waals surface area (Å²) < 4.78 is 2.10. The van der Waals surface area contributed by atoms with Gasteiger partial charge < -0.3 is 4.57 Å². The Morgan fingerprint density at radius 3 is 2.86 bits per heavy atom. The Labute approximate surface area is 82.8 Å². The van der Waals surface area contributed by atoms with Crippen molar-refractivity contribution in [2.24, 2.45) is 0 Å². The van der Waals surface area contributed by atoms with Gasteiger partial charge in [-0.15, -0.1) is 0 Å². The lowest BCUT2D eigenvalue weighted by Crippen LogP contribution is -1.97. The summed E-state index contributed by atoms with van der Waals surface area (Å²) in [4.78, 5) is 7.64. The minimum atomic E-state index is 0.402. The van der Waals surface area contributed by atoms with Gasteiger partial charge in [0.25, 0.3) is 0 Å². The second kappa shape index (κ2) is 3.15. The van der Waals surface area contributed by atoms with Gasteiger partial charge in [0, 0.05) is 6.04 Å². The van der Waals surface area contributed by atoms with Gasteiger partial charge in [-0.3, -0.25) is 0 Å². The van der Waals surface area contributed by atoms with Crippen molar-refractivity contribution in [3.05, 3.63) is 35.9 Å².